The molecule has 0 bridgehead atoms. The number of nitrogens with two attached hydrogens (primary N) is 1. The molecule has 0 fully saturated rings. The van der Waals surface area contributed by atoms with Crippen LogP contribution in [0, 0.1) is 18.2 Å². The number of benzene rings is 3. The number of aryl methyl sites for hydroxylation is 1. The molecule has 51 heavy (non-hydrogen) atoms. The van der Waals surface area contributed by atoms with E-state index < -0.39 is 30.1 Å². The number of amidine groups is 1. The Morgan fingerprint density at radius 3 is 2.00 bits per heavy atom. The topological polar surface area (TPSA) is 175 Å². The zero-order chi connectivity index (χ0) is 38.7. The number of hydrogen-bond donors (Lipinski definition) is 5. The fourth-order valence-electron chi connectivity index (χ4n) is 4.07. The van der Waals surface area contributed by atoms with Crippen LogP contribution in [0.5, 0.6) is 11.5 Å². The number of alkyl halides is 6. The van der Waals surface area contributed by atoms with Crippen molar-refractivity contribution in [3.05, 3.63) is 89.6 Å². The Balaban J connectivity index is 0.000000543. The number of ether oxygens (including phenoxy) is 2. The number of halogens is 7. The first kappa shape index (κ1) is 41.4. The lowest BCUT2D eigenvalue weighted by molar-refractivity contribution is -0.193. The molecule has 0 aliphatic rings. The Labute approximate surface area is 287 Å². The quantitative estimate of drug-likeness (QED) is 0.0626. The minimum atomic E-state index is -5.08. The summed E-state index contributed by atoms with van der Waals surface area (Å²) in [6.07, 6.45) is -8.53. The van der Waals surface area contributed by atoms with Crippen molar-refractivity contribution >= 4 is 29.1 Å². The number of aromatic nitrogens is 2. The van der Waals surface area contributed by atoms with E-state index in [-0.39, 0.29) is 29.9 Å². The van der Waals surface area contributed by atoms with E-state index in [2.05, 4.69) is 4.98 Å². The van der Waals surface area contributed by atoms with Crippen molar-refractivity contribution in [2.75, 3.05) is 11.5 Å². The number of carbonyl (C=O) groups is 2. The summed E-state index contributed by atoms with van der Waals surface area (Å²) >= 11 is 0. The summed E-state index contributed by atoms with van der Waals surface area (Å²) in [7, 11) is 0. The van der Waals surface area contributed by atoms with Crippen LogP contribution < -0.4 is 20.1 Å². The van der Waals surface area contributed by atoms with Gasteiger partial charge in [0, 0.05) is 35.1 Å². The van der Waals surface area contributed by atoms with E-state index in [1.807, 2.05) is 58.2 Å². The molecule has 11 nitrogen and oxygen atoms in total. The third-order valence-corrected chi connectivity index (χ3v) is 6.29. The van der Waals surface area contributed by atoms with Crippen molar-refractivity contribution in [2.45, 2.75) is 52.7 Å². The van der Waals surface area contributed by atoms with Crippen LogP contribution in [0.3, 0.4) is 0 Å². The Bertz CT molecular complexity index is 1770. The highest BCUT2D eigenvalue weighted by Crippen LogP contribution is 2.38. The number of nitrogen functional groups attached to an aromatic ring is 1. The van der Waals surface area contributed by atoms with Crippen LogP contribution in [0.1, 0.15) is 37.7 Å². The van der Waals surface area contributed by atoms with Gasteiger partial charge in [-0.25, -0.2) is 19.0 Å². The lowest BCUT2D eigenvalue weighted by Crippen LogP contribution is -2.21. The van der Waals surface area contributed by atoms with Gasteiger partial charge in [0.2, 0.25) is 0 Å². The Morgan fingerprint density at radius 1 is 0.980 bits per heavy atom. The van der Waals surface area contributed by atoms with E-state index in [0.29, 0.717) is 29.4 Å². The fourth-order valence-corrected chi connectivity index (χ4v) is 4.07. The highest BCUT2D eigenvalue weighted by Gasteiger charge is 2.39. The number of hydrogen-bond acceptors (Lipinski definition) is 7. The molecule has 0 radical (unpaired) electrons. The minimum Gasteiger partial charge on any atom is -0.494 e. The lowest BCUT2D eigenvalue weighted by atomic mass is 10.1. The summed E-state index contributed by atoms with van der Waals surface area (Å²) in [5, 5.41) is 22.0. The highest BCUT2D eigenvalue weighted by molar-refractivity contribution is 5.95. The molecule has 3 aromatic carbocycles. The van der Waals surface area contributed by atoms with Crippen LogP contribution in [0.2, 0.25) is 0 Å². The van der Waals surface area contributed by atoms with Crippen molar-refractivity contribution < 1.29 is 60.0 Å². The molecule has 1 aromatic heterocycles. The predicted molar refractivity (Wildman–Crippen MR) is 173 cm³/mol. The maximum absolute atomic E-state index is 15.9. The fraction of sp³-hybridized carbons (Fsp3) is 0.273. The van der Waals surface area contributed by atoms with Gasteiger partial charge in [0.1, 0.15) is 17.4 Å². The highest BCUT2D eigenvalue weighted by atomic mass is 19.4. The number of nitrogens with one attached hydrogen (secondary N) is 2. The summed E-state index contributed by atoms with van der Waals surface area (Å²) in [6.45, 7) is 8.29. The van der Waals surface area contributed by atoms with E-state index in [4.69, 9.17) is 45.4 Å². The van der Waals surface area contributed by atoms with Crippen LogP contribution in [0.15, 0.2) is 66.9 Å². The Morgan fingerprint density at radius 2 is 1.53 bits per heavy atom. The van der Waals surface area contributed by atoms with Crippen LogP contribution in [0.25, 0.3) is 11.3 Å². The molecule has 4 aromatic rings. The molecule has 0 saturated carbocycles. The molecule has 18 heteroatoms. The second-order valence-electron chi connectivity index (χ2n) is 10.6. The standard InChI is InChI=1S/C29H32FN5O2.2C2HF3O2/c1-5-36-22-14-25(28(30)26(15-22)37-18(2)3)35(21-12-10-20(11-13-21)29(31)32)17-27-33-16-24(34-27)23-9-7-6-8-19(23)4;2*3-2(4,5)1(6)7/h6-16,18H,5,17H2,1-4H3,(H3,31,32)(H,33,34);2*(H,6,7). The van der Waals surface area contributed by atoms with Gasteiger partial charge in [0.25, 0.3) is 0 Å². The first-order chi connectivity index (χ1) is 23.6. The van der Waals surface area contributed by atoms with Gasteiger partial charge in [0.05, 0.1) is 30.6 Å². The van der Waals surface area contributed by atoms with Gasteiger partial charge in [-0.15, -0.1) is 0 Å². The number of carboxylic acids is 2. The zero-order valence-corrected chi connectivity index (χ0v) is 27.5. The number of aromatic amines is 1. The van der Waals surface area contributed by atoms with Crippen LogP contribution in [-0.2, 0) is 16.1 Å². The van der Waals surface area contributed by atoms with Gasteiger partial charge in [-0.2, -0.15) is 26.3 Å². The SMILES string of the molecule is CCOc1cc(OC(C)C)c(F)c(N(Cc2nc(-c3ccccc3C)c[nH]2)c2ccc(C(=N)N)cc2)c1.O=C(O)C(F)(F)F.O=C(O)C(F)(F)F. The molecule has 0 saturated heterocycles. The first-order valence-electron chi connectivity index (χ1n) is 14.7. The number of carboxylic acid groups (broad SMARTS) is 2. The molecule has 0 unspecified atom stereocenters. The van der Waals surface area contributed by atoms with Crippen LogP contribution >= 0.6 is 0 Å². The molecule has 0 aliphatic carbocycles. The number of nitrogens with zero attached hydrogens (tertiary/aromatic N) is 2. The van der Waals surface area contributed by atoms with Gasteiger partial charge in [0.15, 0.2) is 11.6 Å². The average molecular weight is 730 g/mol. The molecular weight excluding hydrogens is 695 g/mol. The van der Waals surface area contributed by atoms with E-state index in [1.54, 1.807) is 41.3 Å². The predicted octanol–water partition coefficient (Wildman–Crippen LogP) is 7.60. The van der Waals surface area contributed by atoms with Crippen molar-refractivity contribution in [3.63, 3.8) is 0 Å². The minimum absolute atomic E-state index is 0.0378. The van der Waals surface area contributed by atoms with Gasteiger partial charge >= 0.3 is 24.3 Å². The molecule has 1 heterocycles. The van der Waals surface area contributed by atoms with Crippen LogP contribution in [0.4, 0.5) is 42.1 Å². The van der Waals surface area contributed by atoms with Crippen molar-refractivity contribution in [2.24, 2.45) is 5.73 Å². The molecule has 0 atom stereocenters. The third kappa shape index (κ3) is 12.5. The van der Waals surface area contributed by atoms with Gasteiger partial charge in [-0.05, 0) is 57.5 Å². The molecule has 0 amide bonds. The summed E-state index contributed by atoms with van der Waals surface area (Å²) in [6, 6.07) is 18.3. The van der Waals surface area contributed by atoms with Crippen molar-refractivity contribution in [3.8, 4) is 22.8 Å². The van der Waals surface area contributed by atoms with E-state index in [0.717, 1.165) is 16.8 Å². The first-order valence-corrected chi connectivity index (χ1v) is 14.7. The number of anilines is 2. The van der Waals surface area contributed by atoms with Gasteiger partial charge in [-0.1, -0.05) is 24.3 Å². The molecule has 0 aliphatic heterocycles. The molecule has 276 valence electrons. The maximum Gasteiger partial charge on any atom is 0.490 e. The summed E-state index contributed by atoms with van der Waals surface area (Å²) in [5.41, 5.74) is 10.2. The molecular formula is C33H34F7N5O6. The smallest absolute Gasteiger partial charge is 0.490 e. The Hall–Kier alpha value is -5.81. The van der Waals surface area contributed by atoms with Crippen molar-refractivity contribution in [1.29, 1.82) is 5.41 Å². The number of rotatable bonds is 10. The van der Waals surface area contributed by atoms with E-state index >= 15 is 4.39 Å². The van der Waals surface area contributed by atoms with E-state index in [1.165, 1.54) is 0 Å². The second-order valence-corrected chi connectivity index (χ2v) is 10.6. The van der Waals surface area contributed by atoms with Gasteiger partial charge < -0.3 is 35.3 Å². The number of aliphatic carboxylic acids is 2. The largest absolute Gasteiger partial charge is 0.494 e. The third-order valence-electron chi connectivity index (χ3n) is 6.29. The molecule has 6 N–H and O–H groups in total. The number of imidazole rings is 1. The Kier molecular flexibility index (Phi) is 14.4. The maximum atomic E-state index is 15.9. The summed E-state index contributed by atoms with van der Waals surface area (Å²) in [5.74, 6) is -4.79. The summed E-state index contributed by atoms with van der Waals surface area (Å²) < 4.78 is 90.9. The summed E-state index contributed by atoms with van der Waals surface area (Å²) in [4.78, 5) is 27.6. The molecule has 4 rings (SSSR count). The second kappa shape index (κ2) is 17.7. The monoisotopic (exact) mass is 729 g/mol. The lowest BCUT2D eigenvalue weighted by Gasteiger charge is -2.26. The molecule has 0 spiro atoms. The van der Waals surface area contributed by atoms with Gasteiger partial charge in [-0.3, -0.25) is 5.41 Å². The normalized spacial score (nSPS) is 11.1. The number of H-pyrrole nitrogens is 1. The van der Waals surface area contributed by atoms with Crippen LogP contribution in [-0.4, -0.2) is 63.0 Å². The van der Waals surface area contributed by atoms with E-state index in [9.17, 15) is 26.3 Å². The average Bonchev–Trinajstić information content (AvgIpc) is 3.50. The zero-order valence-electron chi connectivity index (χ0n) is 27.5. The van der Waals surface area contributed by atoms with Crippen molar-refractivity contribution in [1.82, 2.24) is 9.97 Å².